The number of nitrogens with zero attached hydrogens (tertiary/aromatic N) is 5. The van der Waals surface area contributed by atoms with E-state index in [0.717, 1.165) is 0 Å². The number of nitriles is 1. The first-order valence-corrected chi connectivity index (χ1v) is 9.09. The van der Waals surface area contributed by atoms with E-state index in [9.17, 15) is 9.18 Å². The number of likely N-dealkylation sites (N-methyl/N-ethyl adjacent to an activating group) is 1. The molecule has 1 atom stereocenters. The molecule has 0 aliphatic rings. The number of urea groups is 1. The van der Waals surface area contributed by atoms with Gasteiger partial charge in [0.05, 0.1) is 18.4 Å². The second-order valence-electron chi connectivity index (χ2n) is 6.71. The second-order valence-corrected chi connectivity index (χ2v) is 6.71. The third kappa shape index (κ3) is 6.94. The van der Waals surface area contributed by atoms with Crippen molar-refractivity contribution in [3.05, 3.63) is 48.5 Å². The van der Waals surface area contributed by atoms with E-state index in [2.05, 4.69) is 20.6 Å². The summed E-state index contributed by atoms with van der Waals surface area (Å²) < 4.78 is 19.8. The molecule has 0 saturated heterocycles. The summed E-state index contributed by atoms with van der Waals surface area (Å²) in [6.45, 7) is 2.21. The molecule has 158 valence electrons. The number of hydrogen-bond donors (Lipinski definition) is 2. The second kappa shape index (κ2) is 10.6. The van der Waals surface area contributed by atoms with Gasteiger partial charge in [0.25, 0.3) is 0 Å². The summed E-state index contributed by atoms with van der Waals surface area (Å²) in [6, 6.07) is 6.79. The molecule has 0 unspecified atom stereocenters. The summed E-state index contributed by atoms with van der Waals surface area (Å²) in [5.41, 5.74) is 0.752. The summed E-state index contributed by atoms with van der Waals surface area (Å²) in [5, 5.41) is 14.0. The number of carbonyl (C=O) groups is 1. The number of guanidine groups is 1. The minimum atomic E-state index is -0.551. The Labute approximate surface area is 174 Å². The lowest BCUT2D eigenvalue weighted by Crippen LogP contribution is -2.42. The van der Waals surface area contributed by atoms with Crippen LogP contribution in [0, 0.1) is 17.3 Å². The number of aliphatic imine (C=N–C) groups is 1. The van der Waals surface area contributed by atoms with Gasteiger partial charge in [-0.1, -0.05) is 0 Å². The smallest absolute Gasteiger partial charge is 0.323 e. The van der Waals surface area contributed by atoms with Gasteiger partial charge in [0.2, 0.25) is 12.2 Å². The van der Waals surface area contributed by atoms with Gasteiger partial charge in [0.1, 0.15) is 17.7 Å². The van der Waals surface area contributed by atoms with Crippen LogP contribution >= 0.6 is 0 Å². The maximum atomic E-state index is 14.0. The number of anilines is 2. The average molecular weight is 413 g/mol. The fourth-order valence-corrected chi connectivity index (χ4v) is 2.74. The number of pyridine rings is 1. The Bertz CT molecular complexity index is 928. The van der Waals surface area contributed by atoms with E-state index in [1.807, 2.05) is 6.92 Å². The third-order valence-electron chi connectivity index (χ3n) is 3.81. The highest BCUT2D eigenvalue weighted by Crippen LogP contribution is 2.22. The maximum Gasteiger partial charge on any atom is 0.323 e. The molecule has 1 aromatic carbocycles. The van der Waals surface area contributed by atoms with Gasteiger partial charge in [0.15, 0.2) is 0 Å². The SMILES string of the molecule is C[C@@H](CN(C)C(=NC#N)N(C)C)Oc1cc(F)cc(NC(=O)Nc2cccnc2)c1. The van der Waals surface area contributed by atoms with E-state index in [4.69, 9.17) is 10.00 Å². The lowest BCUT2D eigenvalue weighted by atomic mass is 10.2. The van der Waals surface area contributed by atoms with E-state index in [1.165, 1.54) is 24.4 Å². The first kappa shape index (κ1) is 22.4. The van der Waals surface area contributed by atoms with Crippen LogP contribution in [0.2, 0.25) is 0 Å². The van der Waals surface area contributed by atoms with Crippen molar-refractivity contribution >= 4 is 23.4 Å². The quantitative estimate of drug-likeness (QED) is 0.428. The van der Waals surface area contributed by atoms with E-state index in [1.54, 1.807) is 55.5 Å². The number of carbonyl (C=O) groups excluding carboxylic acids is 1. The Balaban J connectivity index is 2.01. The zero-order valence-electron chi connectivity index (χ0n) is 17.3. The fraction of sp³-hybridized carbons (Fsp3) is 0.300. The molecule has 0 radical (unpaired) electrons. The highest BCUT2D eigenvalue weighted by Gasteiger charge is 2.15. The first-order chi connectivity index (χ1) is 14.3. The zero-order valence-corrected chi connectivity index (χ0v) is 17.3. The van der Waals surface area contributed by atoms with Gasteiger partial charge in [0, 0.05) is 45.2 Å². The van der Waals surface area contributed by atoms with Crippen LogP contribution in [0.4, 0.5) is 20.6 Å². The van der Waals surface area contributed by atoms with Crippen LogP contribution in [0.25, 0.3) is 0 Å². The molecule has 10 heteroatoms. The van der Waals surface area contributed by atoms with Crippen molar-refractivity contribution < 1.29 is 13.9 Å². The van der Waals surface area contributed by atoms with Gasteiger partial charge in [-0.2, -0.15) is 5.26 Å². The highest BCUT2D eigenvalue weighted by atomic mass is 19.1. The predicted octanol–water partition coefficient (Wildman–Crippen LogP) is 2.96. The normalized spacial score (nSPS) is 11.8. The van der Waals surface area contributed by atoms with Crippen molar-refractivity contribution in [2.75, 3.05) is 38.3 Å². The van der Waals surface area contributed by atoms with Gasteiger partial charge in [-0.25, -0.2) is 9.18 Å². The topological polar surface area (TPSA) is 106 Å². The Hall–Kier alpha value is -3.87. The molecule has 2 rings (SSSR count). The molecule has 1 aromatic heterocycles. The van der Waals surface area contributed by atoms with Crippen LogP contribution in [0.15, 0.2) is 47.7 Å². The Kier molecular flexibility index (Phi) is 7.93. The molecular weight excluding hydrogens is 389 g/mol. The summed E-state index contributed by atoms with van der Waals surface area (Å²) >= 11 is 0. The monoisotopic (exact) mass is 413 g/mol. The third-order valence-corrected chi connectivity index (χ3v) is 3.81. The number of ether oxygens (including phenoxy) is 1. The largest absolute Gasteiger partial charge is 0.489 e. The maximum absolute atomic E-state index is 14.0. The van der Waals surface area contributed by atoms with Crippen LogP contribution in [0.5, 0.6) is 5.75 Å². The van der Waals surface area contributed by atoms with E-state index in [-0.39, 0.29) is 17.5 Å². The summed E-state index contributed by atoms with van der Waals surface area (Å²) in [7, 11) is 5.33. The van der Waals surface area contributed by atoms with Crippen LogP contribution < -0.4 is 15.4 Å². The van der Waals surface area contributed by atoms with Crippen molar-refractivity contribution in [1.82, 2.24) is 14.8 Å². The van der Waals surface area contributed by atoms with Crippen molar-refractivity contribution in [2.45, 2.75) is 13.0 Å². The fourth-order valence-electron chi connectivity index (χ4n) is 2.74. The minimum Gasteiger partial charge on any atom is -0.489 e. The van der Waals surface area contributed by atoms with Gasteiger partial charge in [-0.15, -0.1) is 4.99 Å². The Morgan fingerprint density at radius 2 is 2.03 bits per heavy atom. The molecule has 0 saturated carbocycles. The standard InChI is InChI=1S/C20H24FN7O2/c1-14(12-28(4)20(24-13-22)27(2)3)30-18-9-15(21)8-17(10-18)26-19(29)25-16-6-5-7-23-11-16/h5-11,14H,12H2,1-4H3,(H2,25,26,29)/t14-/m0/s1. The van der Waals surface area contributed by atoms with Crippen LogP contribution in [0.1, 0.15) is 6.92 Å². The minimum absolute atomic E-state index is 0.243. The van der Waals surface area contributed by atoms with Crippen molar-refractivity contribution in [3.63, 3.8) is 0 Å². The van der Waals surface area contributed by atoms with Gasteiger partial charge in [-0.3, -0.25) is 4.98 Å². The zero-order chi connectivity index (χ0) is 22.1. The number of halogens is 1. The molecule has 30 heavy (non-hydrogen) atoms. The van der Waals surface area contributed by atoms with Gasteiger partial charge < -0.3 is 25.2 Å². The molecule has 0 spiro atoms. The number of aromatic nitrogens is 1. The van der Waals surface area contributed by atoms with E-state index >= 15 is 0 Å². The average Bonchev–Trinajstić information content (AvgIpc) is 2.65. The number of amides is 2. The number of rotatable bonds is 6. The van der Waals surface area contributed by atoms with E-state index in [0.29, 0.717) is 18.2 Å². The molecule has 0 aliphatic heterocycles. The molecule has 2 amide bonds. The summed E-state index contributed by atoms with van der Waals surface area (Å²) in [4.78, 5) is 23.3. The predicted molar refractivity (Wildman–Crippen MR) is 113 cm³/mol. The van der Waals surface area contributed by atoms with Crippen molar-refractivity contribution in [1.29, 1.82) is 5.26 Å². The van der Waals surface area contributed by atoms with Gasteiger partial charge >= 0.3 is 6.03 Å². The van der Waals surface area contributed by atoms with Crippen LogP contribution in [0.3, 0.4) is 0 Å². The number of hydrogen-bond acceptors (Lipinski definition) is 5. The Morgan fingerprint density at radius 3 is 2.67 bits per heavy atom. The molecular formula is C20H24FN7O2. The Morgan fingerprint density at radius 1 is 1.30 bits per heavy atom. The van der Waals surface area contributed by atoms with E-state index < -0.39 is 11.8 Å². The summed E-state index contributed by atoms with van der Waals surface area (Å²) in [5.74, 6) is 0.183. The molecule has 0 bridgehead atoms. The molecule has 1 heterocycles. The van der Waals surface area contributed by atoms with Crippen LogP contribution in [-0.2, 0) is 0 Å². The summed E-state index contributed by atoms with van der Waals surface area (Å²) in [6.07, 6.45) is 4.50. The molecule has 2 N–H and O–H groups in total. The highest BCUT2D eigenvalue weighted by molar-refractivity contribution is 5.99. The van der Waals surface area contributed by atoms with Gasteiger partial charge in [-0.05, 0) is 25.1 Å². The lowest BCUT2D eigenvalue weighted by molar-refractivity contribution is 0.187. The molecule has 9 nitrogen and oxygen atoms in total. The van der Waals surface area contributed by atoms with Crippen LogP contribution in [-0.4, -0.2) is 60.6 Å². The number of nitrogens with one attached hydrogen (secondary N) is 2. The molecule has 0 aliphatic carbocycles. The van der Waals surface area contributed by atoms with Crippen molar-refractivity contribution in [3.8, 4) is 11.9 Å². The lowest BCUT2D eigenvalue weighted by Gasteiger charge is -2.28. The molecule has 2 aromatic rings. The molecule has 0 fully saturated rings. The number of benzene rings is 1. The van der Waals surface area contributed by atoms with Crippen molar-refractivity contribution in [2.24, 2.45) is 4.99 Å². The first-order valence-electron chi connectivity index (χ1n) is 9.09.